The molecule has 0 aliphatic carbocycles. The topological polar surface area (TPSA) is 155 Å². The number of nitrogens with zero attached hydrogens (tertiary/aromatic N) is 1. The Hall–Kier alpha value is -2.19. The summed E-state index contributed by atoms with van der Waals surface area (Å²) >= 11 is 0. The Kier molecular flexibility index (Phi) is 6.45. The Morgan fingerprint density at radius 2 is 1.47 bits per heavy atom. The number of nitro groups is 1. The molecule has 0 heterocycles. The molecule has 1 atom stereocenters. The third kappa shape index (κ3) is 6.34. The van der Waals surface area contributed by atoms with Crippen LogP contribution in [-0.2, 0) is 14.4 Å². The van der Waals surface area contributed by atoms with Gasteiger partial charge in [-0.3, -0.25) is 24.5 Å². The molecule has 108 valence electrons. The van der Waals surface area contributed by atoms with Crippen molar-refractivity contribution in [2.45, 2.75) is 44.1 Å². The van der Waals surface area contributed by atoms with Crippen molar-refractivity contribution < 1.29 is 34.6 Å². The maximum Gasteiger partial charge on any atom is 0.310 e. The number of aliphatic carboxylic acids is 3. The lowest BCUT2D eigenvalue weighted by Gasteiger charge is -2.23. The molecule has 0 aromatic carbocycles. The van der Waals surface area contributed by atoms with Crippen molar-refractivity contribution in [2.75, 3.05) is 0 Å². The summed E-state index contributed by atoms with van der Waals surface area (Å²) in [6.45, 7) is 0. The number of carboxylic acids is 3. The first-order valence-electron chi connectivity index (χ1n) is 5.49. The molecule has 0 aliphatic rings. The molecule has 9 heteroatoms. The van der Waals surface area contributed by atoms with Gasteiger partial charge >= 0.3 is 17.9 Å². The molecule has 0 spiro atoms. The van der Waals surface area contributed by atoms with E-state index in [4.69, 9.17) is 15.3 Å². The van der Waals surface area contributed by atoms with Gasteiger partial charge in [0.25, 0.3) is 0 Å². The molecule has 0 fully saturated rings. The standard InChI is InChI=1S/C10H15NO8/c12-7(13)2-1-4-10(11(18)19,6-9(16)17)5-3-8(14)15/h1-6H2,(H,12,13)(H,14,15)(H,16,17). The Bertz CT molecular complexity index is 380. The highest BCUT2D eigenvalue weighted by molar-refractivity contribution is 5.69. The van der Waals surface area contributed by atoms with Crippen molar-refractivity contribution in [3.63, 3.8) is 0 Å². The predicted octanol–water partition coefficient (Wildman–Crippen LogP) is 0.596. The second-order valence-electron chi connectivity index (χ2n) is 4.19. The number of hydrogen-bond donors (Lipinski definition) is 3. The van der Waals surface area contributed by atoms with E-state index >= 15 is 0 Å². The van der Waals surface area contributed by atoms with Gasteiger partial charge < -0.3 is 15.3 Å². The molecule has 3 N–H and O–H groups in total. The van der Waals surface area contributed by atoms with Gasteiger partial charge in [0.05, 0.1) is 6.42 Å². The molecular formula is C10H15NO8. The fourth-order valence-corrected chi connectivity index (χ4v) is 1.74. The third-order valence-electron chi connectivity index (χ3n) is 2.70. The van der Waals surface area contributed by atoms with Crippen LogP contribution >= 0.6 is 0 Å². The van der Waals surface area contributed by atoms with Gasteiger partial charge in [-0.05, 0) is 6.42 Å². The summed E-state index contributed by atoms with van der Waals surface area (Å²) in [5, 5.41) is 36.8. The number of carbonyl (C=O) groups is 3. The largest absolute Gasteiger partial charge is 0.481 e. The first-order chi connectivity index (χ1) is 8.69. The minimum Gasteiger partial charge on any atom is -0.481 e. The maximum absolute atomic E-state index is 11.0. The fourth-order valence-electron chi connectivity index (χ4n) is 1.74. The first kappa shape index (κ1) is 16.8. The summed E-state index contributed by atoms with van der Waals surface area (Å²) in [5.74, 6) is -3.84. The van der Waals surface area contributed by atoms with Gasteiger partial charge in [-0.1, -0.05) is 0 Å². The van der Waals surface area contributed by atoms with Crippen LogP contribution in [0, 0.1) is 10.1 Å². The minimum absolute atomic E-state index is 0.0801. The lowest BCUT2D eigenvalue weighted by Crippen LogP contribution is -2.41. The molecule has 19 heavy (non-hydrogen) atoms. The molecule has 0 radical (unpaired) electrons. The molecule has 0 saturated heterocycles. The number of carboxylic acid groups (broad SMARTS) is 3. The lowest BCUT2D eigenvalue weighted by molar-refractivity contribution is -0.572. The monoisotopic (exact) mass is 277 g/mol. The summed E-state index contributed by atoms with van der Waals surface area (Å²) < 4.78 is 0. The first-order valence-corrected chi connectivity index (χ1v) is 5.49. The molecule has 0 aliphatic heterocycles. The summed E-state index contributed by atoms with van der Waals surface area (Å²) in [4.78, 5) is 41.8. The van der Waals surface area contributed by atoms with Gasteiger partial charge in [0.1, 0.15) is 6.42 Å². The quantitative estimate of drug-likeness (QED) is 0.387. The zero-order valence-electron chi connectivity index (χ0n) is 10.1. The highest BCUT2D eigenvalue weighted by atomic mass is 16.6. The van der Waals surface area contributed by atoms with E-state index in [1.165, 1.54) is 0 Å². The van der Waals surface area contributed by atoms with E-state index in [9.17, 15) is 24.5 Å². The maximum atomic E-state index is 11.0. The van der Waals surface area contributed by atoms with Crippen LogP contribution in [0.1, 0.15) is 38.5 Å². The molecule has 0 rings (SSSR count). The van der Waals surface area contributed by atoms with Gasteiger partial charge in [-0.2, -0.15) is 0 Å². The molecular weight excluding hydrogens is 262 g/mol. The van der Waals surface area contributed by atoms with Crippen LogP contribution in [-0.4, -0.2) is 43.7 Å². The van der Waals surface area contributed by atoms with E-state index in [-0.39, 0.29) is 19.3 Å². The van der Waals surface area contributed by atoms with Crippen LogP contribution in [0.4, 0.5) is 0 Å². The predicted molar refractivity (Wildman–Crippen MR) is 60.3 cm³/mol. The number of hydrogen-bond acceptors (Lipinski definition) is 5. The highest BCUT2D eigenvalue weighted by Gasteiger charge is 2.44. The van der Waals surface area contributed by atoms with Crippen molar-refractivity contribution in [2.24, 2.45) is 0 Å². The molecule has 0 aromatic rings. The van der Waals surface area contributed by atoms with Crippen molar-refractivity contribution in [1.82, 2.24) is 0 Å². The van der Waals surface area contributed by atoms with E-state index in [2.05, 4.69) is 0 Å². The summed E-state index contributed by atoms with van der Waals surface area (Å²) in [5.41, 5.74) is -1.93. The molecule has 0 aromatic heterocycles. The fraction of sp³-hybridized carbons (Fsp3) is 0.700. The van der Waals surface area contributed by atoms with Gasteiger partial charge in [0.15, 0.2) is 0 Å². The van der Waals surface area contributed by atoms with E-state index in [1.54, 1.807) is 0 Å². The van der Waals surface area contributed by atoms with Crippen molar-refractivity contribution in [3.8, 4) is 0 Å². The van der Waals surface area contributed by atoms with Crippen molar-refractivity contribution in [3.05, 3.63) is 10.1 Å². The second kappa shape index (κ2) is 7.29. The third-order valence-corrected chi connectivity index (χ3v) is 2.70. The normalized spacial score (nSPS) is 13.5. The SMILES string of the molecule is O=C(O)CCCC(CCC(=O)O)(CC(=O)O)[N+](=O)[O-]. The van der Waals surface area contributed by atoms with E-state index in [0.29, 0.717) is 0 Å². The molecule has 0 saturated carbocycles. The second-order valence-corrected chi connectivity index (χ2v) is 4.19. The van der Waals surface area contributed by atoms with Crippen LogP contribution in [0.15, 0.2) is 0 Å². The lowest BCUT2D eigenvalue weighted by atomic mass is 9.85. The highest BCUT2D eigenvalue weighted by Crippen LogP contribution is 2.28. The summed E-state index contributed by atoms with van der Waals surface area (Å²) in [6, 6.07) is 0. The van der Waals surface area contributed by atoms with Crippen LogP contribution in [0.25, 0.3) is 0 Å². The molecule has 9 nitrogen and oxygen atoms in total. The number of rotatable bonds is 10. The van der Waals surface area contributed by atoms with Gasteiger partial charge in [0, 0.05) is 24.2 Å². The van der Waals surface area contributed by atoms with Gasteiger partial charge in [-0.25, -0.2) is 0 Å². The molecule has 0 bridgehead atoms. The average Bonchev–Trinajstić information content (AvgIpc) is 2.23. The Labute approximate surface area is 108 Å². The van der Waals surface area contributed by atoms with Gasteiger partial charge in [0.2, 0.25) is 5.54 Å². The molecule has 0 amide bonds. The van der Waals surface area contributed by atoms with Gasteiger partial charge in [-0.15, -0.1) is 0 Å². The van der Waals surface area contributed by atoms with Crippen LogP contribution in [0.5, 0.6) is 0 Å². The Morgan fingerprint density at radius 3 is 1.84 bits per heavy atom. The zero-order valence-corrected chi connectivity index (χ0v) is 10.1. The zero-order chi connectivity index (χ0) is 15.1. The van der Waals surface area contributed by atoms with E-state index < -0.39 is 47.6 Å². The minimum atomic E-state index is -1.93. The van der Waals surface area contributed by atoms with E-state index in [1.807, 2.05) is 0 Å². The Morgan fingerprint density at radius 1 is 0.947 bits per heavy atom. The van der Waals surface area contributed by atoms with Crippen LogP contribution in [0.3, 0.4) is 0 Å². The Balaban J connectivity index is 4.90. The smallest absolute Gasteiger partial charge is 0.310 e. The molecule has 1 unspecified atom stereocenters. The van der Waals surface area contributed by atoms with Crippen molar-refractivity contribution >= 4 is 17.9 Å². The summed E-state index contributed by atoms with van der Waals surface area (Å²) in [6.07, 6.45) is -2.51. The van der Waals surface area contributed by atoms with Crippen molar-refractivity contribution in [1.29, 1.82) is 0 Å². The summed E-state index contributed by atoms with van der Waals surface area (Å²) in [7, 11) is 0. The van der Waals surface area contributed by atoms with Crippen LogP contribution < -0.4 is 0 Å². The van der Waals surface area contributed by atoms with E-state index in [0.717, 1.165) is 0 Å². The van der Waals surface area contributed by atoms with Crippen LogP contribution in [0.2, 0.25) is 0 Å². The average molecular weight is 277 g/mol.